The minimum atomic E-state index is 0.0346. The summed E-state index contributed by atoms with van der Waals surface area (Å²) in [7, 11) is 0. The van der Waals surface area contributed by atoms with Crippen molar-refractivity contribution in [3.63, 3.8) is 0 Å². The van der Waals surface area contributed by atoms with Crippen LogP contribution in [-0.2, 0) is 13.0 Å². The van der Waals surface area contributed by atoms with Crippen LogP contribution in [0.4, 0.5) is 5.69 Å². The average Bonchev–Trinajstić information content (AvgIpc) is 2.79. The second-order valence-corrected chi connectivity index (χ2v) is 8.98. The summed E-state index contributed by atoms with van der Waals surface area (Å²) < 4.78 is 0. The second-order valence-electron chi connectivity index (χ2n) is 8.98. The smallest absolute Gasteiger partial charge is 0.251 e. The van der Waals surface area contributed by atoms with Gasteiger partial charge in [0.2, 0.25) is 0 Å². The van der Waals surface area contributed by atoms with Crippen molar-refractivity contribution in [2.75, 3.05) is 37.6 Å². The first kappa shape index (κ1) is 20.9. The summed E-state index contributed by atoms with van der Waals surface area (Å²) in [4.78, 5) is 17.5. The molecule has 1 fully saturated rings. The van der Waals surface area contributed by atoms with Gasteiger partial charge in [-0.05, 0) is 80.4 Å². The molecule has 0 spiro atoms. The molecule has 0 aliphatic carbocycles. The van der Waals surface area contributed by atoms with Crippen LogP contribution in [0.15, 0.2) is 48.5 Å². The van der Waals surface area contributed by atoms with E-state index in [4.69, 9.17) is 0 Å². The molecule has 2 aromatic carbocycles. The van der Waals surface area contributed by atoms with Crippen molar-refractivity contribution in [2.24, 2.45) is 5.92 Å². The molecule has 2 heterocycles. The quantitative estimate of drug-likeness (QED) is 0.690. The van der Waals surface area contributed by atoms with Gasteiger partial charge in [0.05, 0.1) is 0 Å². The highest BCUT2D eigenvalue weighted by atomic mass is 16.1. The molecule has 160 valence electrons. The monoisotopic (exact) mass is 405 g/mol. The first-order chi connectivity index (χ1) is 14.7. The van der Waals surface area contributed by atoms with Crippen LogP contribution in [0.1, 0.15) is 54.1 Å². The number of piperidine rings is 1. The van der Waals surface area contributed by atoms with Gasteiger partial charge < -0.3 is 10.2 Å². The van der Waals surface area contributed by atoms with Gasteiger partial charge >= 0.3 is 0 Å². The first-order valence-corrected chi connectivity index (χ1v) is 11.6. The molecule has 1 saturated heterocycles. The molecule has 30 heavy (non-hydrogen) atoms. The summed E-state index contributed by atoms with van der Waals surface area (Å²) in [6, 6.07) is 16.9. The van der Waals surface area contributed by atoms with Gasteiger partial charge in [-0.25, -0.2) is 0 Å². The number of carbonyl (C=O) groups excluding carboxylic acids is 1. The molecule has 1 N–H and O–H groups in total. The number of benzene rings is 2. The highest BCUT2D eigenvalue weighted by Crippen LogP contribution is 2.26. The third kappa shape index (κ3) is 5.42. The number of aryl methyl sites for hydroxylation is 1. The maximum absolute atomic E-state index is 12.5. The van der Waals surface area contributed by atoms with Gasteiger partial charge in [-0.15, -0.1) is 0 Å². The van der Waals surface area contributed by atoms with Gasteiger partial charge in [0.1, 0.15) is 0 Å². The lowest BCUT2D eigenvalue weighted by atomic mass is 9.99. The summed E-state index contributed by atoms with van der Waals surface area (Å²) in [6.07, 6.45) is 5.95. The third-order valence-corrected chi connectivity index (χ3v) is 6.60. The summed E-state index contributed by atoms with van der Waals surface area (Å²) >= 11 is 0. The van der Waals surface area contributed by atoms with E-state index in [1.54, 1.807) is 0 Å². The van der Waals surface area contributed by atoms with Gasteiger partial charge in [0.15, 0.2) is 0 Å². The molecule has 0 aromatic heterocycles. The Hall–Kier alpha value is -2.33. The molecule has 1 amide bonds. The summed E-state index contributed by atoms with van der Waals surface area (Å²) in [5.41, 5.74) is 4.87. The largest absolute Gasteiger partial charge is 0.371 e. The van der Waals surface area contributed by atoms with E-state index in [0.29, 0.717) is 6.54 Å². The highest BCUT2D eigenvalue weighted by Gasteiger charge is 2.17. The van der Waals surface area contributed by atoms with Gasteiger partial charge in [-0.2, -0.15) is 0 Å². The molecule has 2 aromatic rings. The van der Waals surface area contributed by atoms with Crippen LogP contribution in [0.25, 0.3) is 0 Å². The predicted molar refractivity (Wildman–Crippen MR) is 124 cm³/mol. The van der Waals surface area contributed by atoms with Crippen molar-refractivity contribution in [3.8, 4) is 0 Å². The zero-order valence-electron chi connectivity index (χ0n) is 18.3. The maximum atomic E-state index is 12.5. The molecule has 4 rings (SSSR count). The Bertz CT molecular complexity index is 824. The molecule has 4 heteroatoms. The Balaban J connectivity index is 1.20. The average molecular weight is 406 g/mol. The minimum Gasteiger partial charge on any atom is -0.371 e. The molecule has 0 atom stereocenters. The normalized spacial score (nSPS) is 17.6. The number of para-hydroxylation sites is 1. The van der Waals surface area contributed by atoms with Crippen molar-refractivity contribution < 1.29 is 4.79 Å². The SMILES string of the molecule is CC1CCN(Cc2ccc(C(=O)NCCCN3CCCc4ccccc43)cc2)CC1. The number of rotatable bonds is 7. The number of nitrogens with zero attached hydrogens (tertiary/aromatic N) is 2. The van der Waals surface area contributed by atoms with Gasteiger partial charge in [-0.3, -0.25) is 9.69 Å². The van der Waals surface area contributed by atoms with Crippen molar-refractivity contribution in [3.05, 3.63) is 65.2 Å². The van der Waals surface area contributed by atoms with Crippen LogP contribution in [0.3, 0.4) is 0 Å². The van der Waals surface area contributed by atoms with Gasteiger partial charge in [0.25, 0.3) is 5.91 Å². The predicted octanol–water partition coefficient (Wildman–Crippen LogP) is 4.49. The Morgan fingerprint density at radius 3 is 2.60 bits per heavy atom. The summed E-state index contributed by atoms with van der Waals surface area (Å²) in [5, 5.41) is 3.09. The van der Waals surface area contributed by atoms with E-state index in [1.807, 2.05) is 12.1 Å². The minimum absolute atomic E-state index is 0.0346. The van der Waals surface area contributed by atoms with E-state index in [2.05, 4.69) is 58.4 Å². The first-order valence-electron chi connectivity index (χ1n) is 11.6. The Labute approximate surface area is 181 Å². The lowest BCUT2D eigenvalue weighted by Crippen LogP contribution is -2.33. The molecule has 2 aliphatic rings. The molecule has 0 unspecified atom stereocenters. The van der Waals surface area contributed by atoms with Gasteiger partial charge in [-0.1, -0.05) is 37.3 Å². The maximum Gasteiger partial charge on any atom is 0.251 e. The number of likely N-dealkylation sites (tertiary alicyclic amines) is 1. The second kappa shape index (κ2) is 10.1. The van der Waals surface area contributed by atoms with Crippen LogP contribution in [0.5, 0.6) is 0 Å². The van der Waals surface area contributed by atoms with Crippen molar-refractivity contribution in [1.82, 2.24) is 10.2 Å². The Morgan fingerprint density at radius 2 is 1.80 bits per heavy atom. The Morgan fingerprint density at radius 1 is 1.03 bits per heavy atom. The number of anilines is 1. The lowest BCUT2D eigenvalue weighted by Gasteiger charge is -2.31. The number of hydrogen-bond donors (Lipinski definition) is 1. The highest BCUT2D eigenvalue weighted by molar-refractivity contribution is 5.94. The number of nitrogens with one attached hydrogen (secondary N) is 1. The molecular formula is C26H35N3O. The van der Waals surface area contributed by atoms with E-state index in [1.165, 1.54) is 55.6 Å². The van der Waals surface area contributed by atoms with E-state index in [9.17, 15) is 4.79 Å². The molecule has 0 bridgehead atoms. The molecule has 0 saturated carbocycles. The third-order valence-electron chi connectivity index (χ3n) is 6.60. The molecule has 4 nitrogen and oxygen atoms in total. The van der Waals surface area contributed by atoms with Gasteiger partial charge in [0, 0.05) is 37.4 Å². The fourth-order valence-electron chi connectivity index (χ4n) is 4.66. The fraction of sp³-hybridized carbons (Fsp3) is 0.500. The number of hydrogen-bond acceptors (Lipinski definition) is 3. The zero-order chi connectivity index (χ0) is 20.8. The topological polar surface area (TPSA) is 35.6 Å². The molecule has 0 radical (unpaired) electrons. The van der Waals surface area contributed by atoms with E-state index in [-0.39, 0.29) is 5.91 Å². The van der Waals surface area contributed by atoms with Crippen LogP contribution in [0.2, 0.25) is 0 Å². The zero-order valence-corrected chi connectivity index (χ0v) is 18.3. The van der Waals surface area contributed by atoms with E-state index < -0.39 is 0 Å². The van der Waals surface area contributed by atoms with Crippen LogP contribution in [-0.4, -0.2) is 43.5 Å². The summed E-state index contributed by atoms with van der Waals surface area (Å²) in [5.74, 6) is 0.893. The van der Waals surface area contributed by atoms with Crippen LogP contribution in [0, 0.1) is 5.92 Å². The molecular weight excluding hydrogens is 370 g/mol. The number of amides is 1. The van der Waals surface area contributed by atoms with Crippen molar-refractivity contribution in [2.45, 2.75) is 45.6 Å². The number of fused-ring (bicyclic) bond motifs is 1. The standard InChI is InChI=1S/C26H35N3O/c1-21-13-18-28(19-14-21)20-22-9-11-24(12-10-22)26(30)27-15-5-17-29-16-4-7-23-6-2-3-8-25(23)29/h2-3,6,8-12,21H,4-5,7,13-20H2,1H3,(H,27,30). The fourth-order valence-corrected chi connectivity index (χ4v) is 4.66. The van der Waals surface area contributed by atoms with Crippen molar-refractivity contribution in [1.29, 1.82) is 0 Å². The Kier molecular flexibility index (Phi) is 7.06. The molecule has 2 aliphatic heterocycles. The summed E-state index contributed by atoms with van der Waals surface area (Å²) in [6.45, 7) is 8.52. The lowest BCUT2D eigenvalue weighted by molar-refractivity contribution is 0.0953. The van der Waals surface area contributed by atoms with E-state index in [0.717, 1.165) is 37.5 Å². The van der Waals surface area contributed by atoms with Crippen LogP contribution < -0.4 is 10.2 Å². The van der Waals surface area contributed by atoms with Crippen molar-refractivity contribution >= 4 is 11.6 Å². The number of carbonyl (C=O) groups is 1. The van der Waals surface area contributed by atoms with E-state index >= 15 is 0 Å². The van der Waals surface area contributed by atoms with Crippen LogP contribution >= 0.6 is 0 Å².